The molecule has 1 aromatic carbocycles. The Bertz CT molecular complexity index is 833. The summed E-state index contributed by atoms with van der Waals surface area (Å²) in [4.78, 5) is 14.0. The van der Waals surface area contributed by atoms with E-state index in [4.69, 9.17) is 16.3 Å². The highest BCUT2D eigenvalue weighted by Crippen LogP contribution is 2.37. The average molecular weight is 401 g/mol. The number of nitrogens with zero attached hydrogens (tertiary/aromatic N) is 1. The van der Waals surface area contributed by atoms with Gasteiger partial charge in [0.1, 0.15) is 0 Å². The van der Waals surface area contributed by atoms with Crippen molar-refractivity contribution in [1.29, 1.82) is 0 Å². The molecule has 0 atom stereocenters. The summed E-state index contributed by atoms with van der Waals surface area (Å²) >= 11 is 7.43. The lowest BCUT2D eigenvalue weighted by Crippen LogP contribution is -2.16. The van der Waals surface area contributed by atoms with Crippen molar-refractivity contribution in [1.82, 2.24) is 5.43 Å². The van der Waals surface area contributed by atoms with E-state index in [2.05, 4.69) is 15.3 Å². The molecule has 1 N–H and O–H groups in total. The molecule has 0 fully saturated rings. The van der Waals surface area contributed by atoms with Crippen LogP contribution in [-0.4, -0.2) is 25.8 Å². The number of carbonyl (C=O) groups is 1. The van der Waals surface area contributed by atoms with E-state index >= 15 is 0 Å². The highest BCUT2D eigenvalue weighted by atomic mass is 35.5. The van der Waals surface area contributed by atoms with Crippen LogP contribution in [0.25, 0.3) is 0 Å². The van der Waals surface area contributed by atoms with E-state index in [0.29, 0.717) is 10.4 Å². The van der Waals surface area contributed by atoms with E-state index in [9.17, 15) is 13.6 Å². The van der Waals surface area contributed by atoms with Gasteiger partial charge in [-0.2, -0.15) is 13.9 Å². The van der Waals surface area contributed by atoms with Crippen LogP contribution in [0.4, 0.5) is 8.78 Å². The van der Waals surface area contributed by atoms with Gasteiger partial charge >= 0.3 is 6.61 Å². The molecule has 1 aromatic heterocycles. The summed E-state index contributed by atoms with van der Waals surface area (Å²) in [7, 11) is 1.31. The predicted molar refractivity (Wildman–Crippen MR) is 96.0 cm³/mol. The third-order valence-corrected chi connectivity index (χ3v) is 5.33. The molecule has 5 nitrogen and oxygen atoms in total. The summed E-state index contributed by atoms with van der Waals surface area (Å²) < 4.78 is 34.2. The van der Waals surface area contributed by atoms with Gasteiger partial charge in [-0.3, -0.25) is 4.79 Å². The highest BCUT2D eigenvalue weighted by Gasteiger charge is 2.18. The number of carbonyl (C=O) groups excluding carboxylic acids is 1. The lowest BCUT2D eigenvalue weighted by molar-refractivity contribution is -0.0511. The first kappa shape index (κ1) is 18.6. The van der Waals surface area contributed by atoms with Gasteiger partial charge in [-0.05, 0) is 48.6 Å². The zero-order valence-electron chi connectivity index (χ0n) is 13.7. The number of fused-ring (bicyclic) bond motifs is 1. The van der Waals surface area contributed by atoms with Crippen LogP contribution in [0, 0.1) is 0 Å². The van der Waals surface area contributed by atoms with E-state index in [1.807, 2.05) is 6.07 Å². The third kappa shape index (κ3) is 4.13. The molecule has 0 aliphatic heterocycles. The van der Waals surface area contributed by atoms with Crippen LogP contribution >= 0.6 is 22.9 Å². The summed E-state index contributed by atoms with van der Waals surface area (Å²) in [5, 5.41) is 3.84. The molecule has 2 aromatic rings. The van der Waals surface area contributed by atoms with Crippen LogP contribution < -0.4 is 14.9 Å². The standard InChI is InChI=1S/C17H15ClF2N2O3S/c1-24-12-6-9(5-11(18)15(12)25-17(19)20)8-21-22-16(23)14-7-10-3-2-4-13(10)26-14/h5-8,17H,2-4H2,1H3,(H,22,23)/b21-8-. The maximum absolute atomic E-state index is 12.4. The number of halogens is 3. The summed E-state index contributed by atoms with van der Waals surface area (Å²) in [6, 6.07) is 4.71. The minimum Gasteiger partial charge on any atom is -0.493 e. The van der Waals surface area contributed by atoms with E-state index in [-0.39, 0.29) is 22.4 Å². The number of rotatable bonds is 6. The SMILES string of the molecule is COc1cc(/C=N\NC(=O)c2cc3c(s2)CCC3)cc(Cl)c1OC(F)F. The monoisotopic (exact) mass is 400 g/mol. The second-order valence-electron chi connectivity index (χ2n) is 5.52. The highest BCUT2D eigenvalue weighted by molar-refractivity contribution is 7.14. The van der Waals surface area contributed by atoms with E-state index in [1.54, 1.807) is 0 Å². The van der Waals surface area contributed by atoms with Crippen molar-refractivity contribution >= 4 is 35.1 Å². The number of aryl methyl sites for hydroxylation is 2. The number of hydrogen-bond acceptors (Lipinski definition) is 5. The first-order valence-electron chi connectivity index (χ1n) is 7.75. The first-order chi connectivity index (χ1) is 12.5. The number of ether oxygens (including phenoxy) is 2. The van der Waals surface area contributed by atoms with Crippen LogP contribution in [0.5, 0.6) is 11.5 Å². The van der Waals surface area contributed by atoms with E-state index in [1.165, 1.54) is 47.2 Å². The summed E-state index contributed by atoms with van der Waals surface area (Å²) in [6.07, 6.45) is 4.50. The molecule has 1 aliphatic rings. The van der Waals surface area contributed by atoms with Gasteiger partial charge in [-0.15, -0.1) is 11.3 Å². The van der Waals surface area contributed by atoms with Crippen molar-refractivity contribution in [3.63, 3.8) is 0 Å². The third-order valence-electron chi connectivity index (χ3n) is 3.81. The Morgan fingerprint density at radius 1 is 1.38 bits per heavy atom. The van der Waals surface area contributed by atoms with Crippen molar-refractivity contribution in [3.8, 4) is 11.5 Å². The number of amides is 1. The molecular formula is C17H15ClF2N2O3S. The van der Waals surface area contributed by atoms with Gasteiger partial charge in [-0.25, -0.2) is 5.43 Å². The maximum Gasteiger partial charge on any atom is 0.387 e. The number of alkyl halides is 2. The Labute approximate surface area is 157 Å². The number of hydrogen-bond donors (Lipinski definition) is 1. The van der Waals surface area contributed by atoms with Crippen molar-refractivity contribution in [2.45, 2.75) is 25.9 Å². The maximum atomic E-state index is 12.4. The fourth-order valence-electron chi connectivity index (χ4n) is 2.68. The molecule has 1 amide bonds. The average Bonchev–Trinajstić information content (AvgIpc) is 3.18. The number of hydrazone groups is 1. The molecule has 1 aliphatic carbocycles. The fourth-order valence-corrected chi connectivity index (χ4v) is 4.09. The molecule has 9 heteroatoms. The lowest BCUT2D eigenvalue weighted by Gasteiger charge is -2.12. The van der Waals surface area contributed by atoms with Crippen LogP contribution in [0.3, 0.4) is 0 Å². The van der Waals surface area contributed by atoms with Gasteiger partial charge in [0.05, 0.1) is 23.2 Å². The van der Waals surface area contributed by atoms with Gasteiger partial charge in [0.2, 0.25) is 0 Å². The van der Waals surface area contributed by atoms with Gasteiger partial charge in [0, 0.05) is 4.88 Å². The van der Waals surface area contributed by atoms with Gasteiger partial charge in [0.15, 0.2) is 11.5 Å². The van der Waals surface area contributed by atoms with Crippen LogP contribution in [0.15, 0.2) is 23.3 Å². The molecule has 0 bridgehead atoms. The number of thiophene rings is 1. The molecule has 3 rings (SSSR count). The van der Waals surface area contributed by atoms with Crippen molar-refractivity contribution < 1.29 is 23.0 Å². The lowest BCUT2D eigenvalue weighted by atomic mass is 10.2. The largest absolute Gasteiger partial charge is 0.493 e. The zero-order chi connectivity index (χ0) is 18.7. The first-order valence-corrected chi connectivity index (χ1v) is 8.94. The fraction of sp³-hybridized carbons (Fsp3) is 0.294. The minimum absolute atomic E-state index is 0.0419. The Hall–Kier alpha value is -2.19. The molecule has 0 saturated heterocycles. The Balaban J connectivity index is 1.69. The van der Waals surface area contributed by atoms with Crippen molar-refractivity contribution in [2.75, 3.05) is 7.11 Å². The van der Waals surface area contributed by atoms with Gasteiger partial charge in [0.25, 0.3) is 5.91 Å². The van der Waals surface area contributed by atoms with Gasteiger partial charge in [-0.1, -0.05) is 11.6 Å². The molecule has 0 spiro atoms. The van der Waals surface area contributed by atoms with Crippen LogP contribution in [0.2, 0.25) is 5.02 Å². The molecule has 26 heavy (non-hydrogen) atoms. The molecular weight excluding hydrogens is 386 g/mol. The second kappa shape index (κ2) is 8.01. The molecule has 1 heterocycles. The smallest absolute Gasteiger partial charge is 0.387 e. The summed E-state index contributed by atoms with van der Waals surface area (Å²) in [6.45, 7) is -3.02. The normalized spacial score (nSPS) is 13.3. The summed E-state index contributed by atoms with van der Waals surface area (Å²) in [5.41, 5.74) is 4.14. The Morgan fingerprint density at radius 2 is 2.19 bits per heavy atom. The number of benzene rings is 1. The molecule has 0 saturated carbocycles. The minimum atomic E-state index is -3.02. The molecule has 0 radical (unpaired) electrons. The Morgan fingerprint density at radius 3 is 2.88 bits per heavy atom. The van der Waals surface area contributed by atoms with Gasteiger partial charge < -0.3 is 9.47 Å². The topological polar surface area (TPSA) is 59.9 Å². The quantitative estimate of drug-likeness (QED) is 0.582. The number of methoxy groups -OCH3 is 1. The Kier molecular flexibility index (Phi) is 5.73. The van der Waals surface area contributed by atoms with Crippen LogP contribution in [-0.2, 0) is 12.8 Å². The van der Waals surface area contributed by atoms with Crippen molar-refractivity contribution in [2.24, 2.45) is 5.10 Å². The zero-order valence-corrected chi connectivity index (χ0v) is 15.3. The van der Waals surface area contributed by atoms with Crippen molar-refractivity contribution in [3.05, 3.63) is 44.1 Å². The molecule has 0 unspecified atom stereocenters. The van der Waals surface area contributed by atoms with E-state index in [0.717, 1.165) is 19.3 Å². The van der Waals surface area contributed by atoms with E-state index < -0.39 is 6.61 Å². The number of nitrogens with one attached hydrogen (secondary N) is 1. The predicted octanol–water partition coefficient (Wildman–Crippen LogP) is 4.26. The second-order valence-corrected chi connectivity index (χ2v) is 7.07. The molecule has 138 valence electrons. The summed E-state index contributed by atoms with van der Waals surface area (Å²) in [5.74, 6) is -0.505. The van der Waals surface area contributed by atoms with Crippen LogP contribution in [0.1, 0.15) is 32.1 Å².